The van der Waals surface area contributed by atoms with Gasteiger partial charge in [-0.25, -0.2) is 9.07 Å². The van der Waals surface area contributed by atoms with Gasteiger partial charge in [0.1, 0.15) is 11.5 Å². The molecule has 1 saturated heterocycles. The first kappa shape index (κ1) is 15.9. The fraction of sp³-hybridized carbons (Fsp3) is 0.294. The summed E-state index contributed by atoms with van der Waals surface area (Å²) < 4.78 is 16.5. The van der Waals surface area contributed by atoms with Gasteiger partial charge in [0, 0.05) is 25.4 Å². The normalized spacial score (nSPS) is 18.0. The molecule has 1 amide bonds. The third-order valence-electron chi connectivity index (χ3n) is 3.92. The molecule has 0 saturated carbocycles. The lowest BCUT2D eigenvalue weighted by atomic mass is 10.1. The highest BCUT2D eigenvalue weighted by Gasteiger charge is 2.21. The molecule has 0 bridgehead atoms. The second kappa shape index (κ2) is 6.66. The summed E-state index contributed by atoms with van der Waals surface area (Å²) in [6, 6.07) is 4.82. The van der Waals surface area contributed by atoms with Crippen LogP contribution in [0.25, 0.3) is 11.8 Å². The van der Waals surface area contributed by atoms with E-state index in [9.17, 15) is 9.18 Å². The van der Waals surface area contributed by atoms with Gasteiger partial charge in [0.05, 0.1) is 10.7 Å². The maximum Gasteiger partial charge on any atom is 0.246 e. The van der Waals surface area contributed by atoms with Gasteiger partial charge in [-0.2, -0.15) is 5.10 Å². The van der Waals surface area contributed by atoms with Crippen LogP contribution in [0.5, 0.6) is 0 Å². The van der Waals surface area contributed by atoms with E-state index in [4.69, 9.17) is 0 Å². The Morgan fingerprint density at radius 3 is 2.91 bits per heavy atom. The molecule has 23 heavy (non-hydrogen) atoms. The molecule has 0 N–H and O–H groups in total. The maximum absolute atomic E-state index is 14.2. The molecule has 1 aliphatic rings. The summed E-state index contributed by atoms with van der Waals surface area (Å²) in [5.74, 6) is 0.150. The highest BCUT2D eigenvalue weighted by molar-refractivity contribution is 9.10. The highest BCUT2D eigenvalue weighted by Crippen LogP contribution is 2.19. The predicted molar refractivity (Wildman–Crippen MR) is 90.6 cm³/mol. The molecule has 4 nitrogen and oxygen atoms in total. The molecule has 1 fully saturated rings. The Morgan fingerprint density at radius 1 is 1.48 bits per heavy atom. The van der Waals surface area contributed by atoms with E-state index in [0.717, 1.165) is 24.0 Å². The largest absolute Gasteiger partial charge is 0.339 e. The van der Waals surface area contributed by atoms with E-state index in [1.807, 2.05) is 4.90 Å². The van der Waals surface area contributed by atoms with E-state index >= 15 is 0 Å². The van der Waals surface area contributed by atoms with Crippen molar-refractivity contribution in [3.8, 4) is 5.69 Å². The van der Waals surface area contributed by atoms with Crippen LogP contribution < -0.4 is 0 Å². The molecule has 120 valence electrons. The van der Waals surface area contributed by atoms with Gasteiger partial charge in [0.25, 0.3) is 0 Å². The molecular formula is C17H17BrFN3O. The Balaban J connectivity index is 1.73. The van der Waals surface area contributed by atoms with Crippen LogP contribution in [0.15, 0.2) is 41.1 Å². The lowest BCUT2D eigenvalue weighted by Crippen LogP contribution is -2.26. The second-order valence-electron chi connectivity index (χ2n) is 5.83. The SMILES string of the molecule is CC1CCN(C(=O)/C=C/c2ccc(-n3cc(Br)cn3)c(F)c2)C1. The van der Waals surface area contributed by atoms with Crippen molar-refractivity contribution in [2.24, 2.45) is 5.92 Å². The van der Waals surface area contributed by atoms with E-state index in [0.29, 0.717) is 17.2 Å². The van der Waals surface area contributed by atoms with E-state index in [-0.39, 0.29) is 11.7 Å². The number of nitrogens with zero attached hydrogens (tertiary/aromatic N) is 3. The summed E-state index contributed by atoms with van der Waals surface area (Å²) in [4.78, 5) is 13.9. The Labute approximate surface area is 142 Å². The van der Waals surface area contributed by atoms with Gasteiger partial charge in [-0.3, -0.25) is 4.79 Å². The Hall–Kier alpha value is -1.95. The van der Waals surface area contributed by atoms with E-state index in [1.165, 1.54) is 16.8 Å². The molecule has 6 heteroatoms. The molecule has 2 aromatic rings. The Kier molecular flexibility index (Phi) is 4.61. The van der Waals surface area contributed by atoms with Gasteiger partial charge in [-0.1, -0.05) is 13.0 Å². The summed E-state index contributed by atoms with van der Waals surface area (Å²) in [5, 5.41) is 4.06. The summed E-state index contributed by atoms with van der Waals surface area (Å²) >= 11 is 3.29. The summed E-state index contributed by atoms with van der Waals surface area (Å²) in [6.45, 7) is 3.73. The summed E-state index contributed by atoms with van der Waals surface area (Å²) in [5.41, 5.74) is 1.02. The maximum atomic E-state index is 14.2. The average Bonchev–Trinajstić information content (AvgIpc) is 3.13. The molecule has 3 rings (SSSR count). The van der Waals surface area contributed by atoms with E-state index < -0.39 is 0 Å². The minimum atomic E-state index is -0.384. The number of rotatable bonds is 3. The first-order valence-electron chi connectivity index (χ1n) is 7.50. The molecule has 2 heterocycles. The van der Waals surface area contributed by atoms with Crippen molar-refractivity contribution < 1.29 is 9.18 Å². The molecule has 1 aromatic heterocycles. The molecule has 1 aromatic carbocycles. The van der Waals surface area contributed by atoms with Crippen molar-refractivity contribution in [3.63, 3.8) is 0 Å². The van der Waals surface area contributed by atoms with Crippen molar-refractivity contribution in [1.82, 2.24) is 14.7 Å². The monoisotopic (exact) mass is 377 g/mol. The fourth-order valence-corrected chi connectivity index (χ4v) is 2.94. The van der Waals surface area contributed by atoms with Crippen LogP contribution in [0.2, 0.25) is 0 Å². The van der Waals surface area contributed by atoms with Gasteiger partial charge in [0.15, 0.2) is 0 Å². The van der Waals surface area contributed by atoms with Gasteiger partial charge >= 0.3 is 0 Å². The van der Waals surface area contributed by atoms with Crippen molar-refractivity contribution in [1.29, 1.82) is 0 Å². The molecule has 0 aliphatic carbocycles. The van der Waals surface area contributed by atoms with Gasteiger partial charge < -0.3 is 4.90 Å². The van der Waals surface area contributed by atoms with Gasteiger partial charge in [-0.15, -0.1) is 0 Å². The lowest BCUT2D eigenvalue weighted by molar-refractivity contribution is -0.125. The van der Waals surface area contributed by atoms with Crippen molar-refractivity contribution in [2.45, 2.75) is 13.3 Å². The first-order chi connectivity index (χ1) is 11.0. The highest BCUT2D eigenvalue weighted by atomic mass is 79.9. The standard InChI is InChI=1S/C17H17BrFN3O/c1-12-6-7-21(10-12)17(23)5-3-13-2-4-16(15(19)8-13)22-11-14(18)9-20-22/h2-5,8-9,11-12H,6-7,10H2,1H3/b5-3+. The molecule has 1 atom stereocenters. The molecular weight excluding hydrogens is 361 g/mol. The van der Waals surface area contributed by atoms with Gasteiger partial charge in [-0.05, 0) is 52.0 Å². The second-order valence-corrected chi connectivity index (χ2v) is 6.74. The van der Waals surface area contributed by atoms with E-state index in [2.05, 4.69) is 28.0 Å². The molecule has 1 unspecified atom stereocenters. The van der Waals surface area contributed by atoms with Crippen LogP contribution >= 0.6 is 15.9 Å². The van der Waals surface area contributed by atoms with Gasteiger partial charge in [0.2, 0.25) is 5.91 Å². The quantitative estimate of drug-likeness (QED) is 0.765. The smallest absolute Gasteiger partial charge is 0.246 e. The number of likely N-dealkylation sites (tertiary alicyclic amines) is 1. The minimum Gasteiger partial charge on any atom is -0.339 e. The van der Waals surface area contributed by atoms with Crippen molar-refractivity contribution in [2.75, 3.05) is 13.1 Å². The van der Waals surface area contributed by atoms with Crippen LogP contribution in [-0.4, -0.2) is 33.7 Å². The van der Waals surface area contributed by atoms with Crippen molar-refractivity contribution in [3.05, 3.63) is 52.5 Å². The summed E-state index contributed by atoms with van der Waals surface area (Å²) in [6.07, 6.45) is 7.49. The molecule has 0 radical (unpaired) electrons. The van der Waals surface area contributed by atoms with Crippen molar-refractivity contribution >= 4 is 27.9 Å². The van der Waals surface area contributed by atoms with Crippen LogP contribution in [0.1, 0.15) is 18.9 Å². The number of aromatic nitrogens is 2. The molecule has 0 spiro atoms. The number of amides is 1. The fourth-order valence-electron chi connectivity index (χ4n) is 2.65. The van der Waals surface area contributed by atoms with Crippen LogP contribution in [-0.2, 0) is 4.79 Å². The zero-order chi connectivity index (χ0) is 16.4. The zero-order valence-corrected chi connectivity index (χ0v) is 14.3. The summed E-state index contributed by atoms with van der Waals surface area (Å²) in [7, 11) is 0. The topological polar surface area (TPSA) is 38.1 Å². The Morgan fingerprint density at radius 2 is 2.30 bits per heavy atom. The van der Waals surface area contributed by atoms with E-state index in [1.54, 1.807) is 30.6 Å². The van der Waals surface area contributed by atoms with Crippen LogP contribution in [0.3, 0.4) is 0 Å². The minimum absolute atomic E-state index is 0.0187. The predicted octanol–water partition coefficient (Wildman–Crippen LogP) is 3.66. The lowest BCUT2D eigenvalue weighted by Gasteiger charge is -2.12. The molecule has 1 aliphatic heterocycles. The number of halogens is 2. The number of carbonyl (C=O) groups is 1. The Bertz CT molecular complexity index is 756. The van der Waals surface area contributed by atoms with Crippen LogP contribution in [0.4, 0.5) is 4.39 Å². The third kappa shape index (κ3) is 3.69. The number of hydrogen-bond donors (Lipinski definition) is 0. The third-order valence-corrected chi connectivity index (χ3v) is 4.33. The number of benzene rings is 1. The first-order valence-corrected chi connectivity index (χ1v) is 8.29. The number of hydrogen-bond acceptors (Lipinski definition) is 2. The average molecular weight is 378 g/mol. The van der Waals surface area contributed by atoms with Crippen LogP contribution in [0, 0.1) is 11.7 Å². The zero-order valence-electron chi connectivity index (χ0n) is 12.7. The number of carbonyl (C=O) groups excluding carboxylic acids is 1.